The maximum absolute atomic E-state index is 11.7. The number of urea groups is 1. The number of hydrogen-bond acceptors (Lipinski definition) is 3. The van der Waals surface area contributed by atoms with Crippen molar-refractivity contribution >= 4 is 23.4 Å². The van der Waals surface area contributed by atoms with Crippen molar-refractivity contribution in [3.63, 3.8) is 0 Å². The van der Waals surface area contributed by atoms with Gasteiger partial charge in [0.2, 0.25) is 0 Å². The number of benzene rings is 2. The van der Waals surface area contributed by atoms with Crippen LogP contribution in [0.4, 0.5) is 16.2 Å². The minimum absolute atomic E-state index is 0.0262. The van der Waals surface area contributed by atoms with Gasteiger partial charge in [-0.2, -0.15) is 0 Å². The van der Waals surface area contributed by atoms with Crippen LogP contribution in [0.2, 0.25) is 0 Å². The van der Waals surface area contributed by atoms with Crippen molar-refractivity contribution in [2.24, 2.45) is 0 Å². The SMILES string of the molecule is O=C(Nc1ccccc1)Nc1cc(C(=O)O)ccc1O. The van der Waals surface area contributed by atoms with Crippen molar-refractivity contribution in [3.8, 4) is 5.75 Å². The van der Waals surface area contributed by atoms with Gasteiger partial charge in [-0.05, 0) is 30.3 Å². The van der Waals surface area contributed by atoms with Gasteiger partial charge in [0.15, 0.2) is 0 Å². The van der Waals surface area contributed by atoms with Gasteiger partial charge in [0, 0.05) is 5.69 Å². The Hall–Kier alpha value is -3.02. The molecule has 2 aromatic rings. The molecule has 6 heteroatoms. The highest BCUT2D eigenvalue weighted by atomic mass is 16.4. The van der Waals surface area contributed by atoms with E-state index in [4.69, 9.17) is 5.11 Å². The van der Waals surface area contributed by atoms with Crippen LogP contribution in [0.5, 0.6) is 5.75 Å². The highest BCUT2D eigenvalue weighted by Crippen LogP contribution is 2.24. The monoisotopic (exact) mass is 272 g/mol. The lowest BCUT2D eigenvalue weighted by atomic mass is 10.2. The summed E-state index contributed by atoms with van der Waals surface area (Å²) in [5.41, 5.74) is 0.579. The molecule has 2 aromatic carbocycles. The largest absolute Gasteiger partial charge is 0.506 e. The highest BCUT2D eigenvalue weighted by molar-refractivity contribution is 6.01. The number of carbonyl (C=O) groups excluding carboxylic acids is 1. The van der Waals surface area contributed by atoms with E-state index in [-0.39, 0.29) is 17.0 Å². The fourth-order valence-corrected chi connectivity index (χ4v) is 1.58. The van der Waals surface area contributed by atoms with Crippen molar-refractivity contribution in [2.45, 2.75) is 0 Å². The Morgan fingerprint density at radius 3 is 2.30 bits per heavy atom. The molecule has 0 aliphatic rings. The third kappa shape index (κ3) is 3.26. The predicted molar refractivity (Wildman–Crippen MR) is 74.1 cm³/mol. The number of carboxylic acid groups (broad SMARTS) is 1. The summed E-state index contributed by atoms with van der Waals surface area (Å²) < 4.78 is 0. The standard InChI is InChI=1S/C14H12N2O4/c17-12-7-6-9(13(18)19)8-11(12)16-14(20)15-10-4-2-1-3-5-10/h1-8,17H,(H,18,19)(H2,15,16,20). The zero-order valence-electron chi connectivity index (χ0n) is 10.3. The number of anilines is 2. The number of rotatable bonds is 3. The van der Waals surface area contributed by atoms with E-state index in [1.165, 1.54) is 18.2 Å². The van der Waals surface area contributed by atoms with Gasteiger partial charge in [-0.15, -0.1) is 0 Å². The highest BCUT2D eigenvalue weighted by Gasteiger charge is 2.10. The van der Waals surface area contributed by atoms with Crippen LogP contribution in [0.25, 0.3) is 0 Å². The predicted octanol–water partition coefficient (Wildman–Crippen LogP) is 2.73. The van der Waals surface area contributed by atoms with E-state index >= 15 is 0 Å². The van der Waals surface area contributed by atoms with Crippen LogP contribution >= 0.6 is 0 Å². The summed E-state index contributed by atoms with van der Waals surface area (Å²) in [6, 6.07) is 11.8. The minimum atomic E-state index is -1.14. The molecule has 0 fully saturated rings. The number of para-hydroxylation sites is 1. The fourth-order valence-electron chi connectivity index (χ4n) is 1.58. The van der Waals surface area contributed by atoms with E-state index in [0.29, 0.717) is 5.69 Å². The van der Waals surface area contributed by atoms with E-state index in [1.54, 1.807) is 24.3 Å². The first kappa shape index (κ1) is 13.4. The van der Waals surface area contributed by atoms with Crippen LogP contribution in [-0.2, 0) is 0 Å². The molecule has 0 aromatic heterocycles. The number of amides is 2. The number of hydrogen-bond donors (Lipinski definition) is 4. The summed E-state index contributed by atoms with van der Waals surface area (Å²) in [5, 5.41) is 23.4. The first-order valence-corrected chi connectivity index (χ1v) is 5.75. The van der Waals surface area contributed by atoms with Gasteiger partial charge in [-0.1, -0.05) is 18.2 Å². The molecule has 2 rings (SSSR count). The summed E-state index contributed by atoms with van der Waals surface area (Å²) in [5.74, 6) is -1.35. The first-order chi connectivity index (χ1) is 9.56. The maximum Gasteiger partial charge on any atom is 0.335 e. The number of phenolic OH excluding ortho intramolecular Hbond substituents is 1. The number of aromatic hydroxyl groups is 1. The first-order valence-electron chi connectivity index (χ1n) is 5.75. The molecule has 0 aliphatic heterocycles. The fraction of sp³-hybridized carbons (Fsp3) is 0. The molecule has 0 aliphatic carbocycles. The Bertz CT molecular complexity index is 641. The van der Waals surface area contributed by atoms with Gasteiger partial charge in [-0.25, -0.2) is 9.59 Å². The molecule has 0 bridgehead atoms. The molecule has 0 unspecified atom stereocenters. The minimum Gasteiger partial charge on any atom is -0.506 e. The topological polar surface area (TPSA) is 98.7 Å². The van der Waals surface area contributed by atoms with Gasteiger partial charge >= 0.3 is 12.0 Å². The van der Waals surface area contributed by atoms with Crippen molar-refractivity contribution in [1.29, 1.82) is 0 Å². The Kier molecular flexibility index (Phi) is 3.85. The summed E-state index contributed by atoms with van der Waals surface area (Å²) in [6.07, 6.45) is 0. The summed E-state index contributed by atoms with van der Waals surface area (Å²) in [6.45, 7) is 0. The summed E-state index contributed by atoms with van der Waals surface area (Å²) in [4.78, 5) is 22.6. The number of nitrogens with one attached hydrogen (secondary N) is 2. The van der Waals surface area contributed by atoms with Crippen molar-refractivity contribution in [1.82, 2.24) is 0 Å². The van der Waals surface area contributed by atoms with Crippen LogP contribution in [-0.4, -0.2) is 22.2 Å². The van der Waals surface area contributed by atoms with Crippen LogP contribution in [0, 0.1) is 0 Å². The quantitative estimate of drug-likeness (QED) is 0.645. The lowest BCUT2D eigenvalue weighted by Crippen LogP contribution is -2.19. The number of carbonyl (C=O) groups is 2. The molecule has 0 radical (unpaired) electrons. The molecular weight excluding hydrogens is 260 g/mol. The number of aromatic carboxylic acids is 1. The second-order valence-corrected chi connectivity index (χ2v) is 3.98. The molecule has 0 spiro atoms. The van der Waals surface area contributed by atoms with Crippen LogP contribution in [0.1, 0.15) is 10.4 Å². The molecule has 20 heavy (non-hydrogen) atoms. The van der Waals surface area contributed by atoms with Crippen LogP contribution in [0.15, 0.2) is 48.5 Å². The van der Waals surface area contributed by atoms with Gasteiger partial charge in [0.1, 0.15) is 5.75 Å². The van der Waals surface area contributed by atoms with E-state index in [2.05, 4.69) is 10.6 Å². The van der Waals surface area contributed by atoms with Gasteiger partial charge in [-0.3, -0.25) is 0 Å². The average molecular weight is 272 g/mol. The zero-order chi connectivity index (χ0) is 14.5. The van der Waals surface area contributed by atoms with Crippen LogP contribution < -0.4 is 10.6 Å². The zero-order valence-corrected chi connectivity index (χ0v) is 10.3. The van der Waals surface area contributed by atoms with Gasteiger partial charge in [0.25, 0.3) is 0 Å². The summed E-state index contributed by atoms with van der Waals surface area (Å²) in [7, 11) is 0. The Morgan fingerprint density at radius 1 is 0.950 bits per heavy atom. The summed E-state index contributed by atoms with van der Waals surface area (Å²) >= 11 is 0. The molecular formula is C14H12N2O4. The average Bonchev–Trinajstić information content (AvgIpc) is 2.42. The molecule has 102 valence electrons. The molecule has 0 heterocycles. The smallest absolute Gasteiger partial charge is 0.335 e. The molecule has 2 amide bonds. The second-order valence-electron chi connectivity index (χ2n) is 3.98. The molecule has 4 N–H and O–H groups in total. The Labute approximate surface area is 114 Å². The lowest BCUT2D eigenvalue weighted by Gasteiger charge is -2.09. The Morgan fingerprint density at radius 2 is 1.65 bits per heavy atom. The van der Waals surface area contributed by atoms with Crippen molar-refractivity contribution in [3.05, 3.63) is 54.1 Å². The lowest BCUT2D eigenvalue weighted by molar-refractivity contribution is 0.0697. The van der Waals surface area contributed by atoms with E-state index < -0.39 is 12.0 Å². The maximum atomic E-state index is 11.7. The van der Waals surface area contributed by atoms with E-state index in [0.717, 1.165) is 0 Å². The molecule has 6 nitrogen and oxygen atoms in total. The van der Waals surface area contributed by atoms with Crippen molar-refractivity contribution < 1.29 is 19.8 Å². The third-order valence-corrected chi connectivity index (χ3v) is 2.52. The van der Waals surface area contributed by atoms with Gasteiger partial charge < -0.3 is 20.8 Å². The third-order valence-electron chi connectivity index (χ3n) is 2.52. The second kappa shape index (κ2) is 5.75. The van der Waals surface area contributed by atoms with Crippen molar-refractivity contribution in [2.75, 3.05) is 10.6 Å². The normalized spacial score (nSPS) is 9.80. The molecule has 0 atom stereocenters. The van der Waals surface area contributed by atoms with Gasteiger partial charge in [0.05, 0.1) is 11.3 Å². The van der Waals surface area contributed by atoms with E-state index in [9.17, 15) is 14.7 Å². The van der Waals surface area contributed by atoms with E-state index in [1.807, 2.05) is 6.07 Å². The number of phenols is 1. The van der Waals surface area contributed by atoms with Crippen LogP contribution in [0.3, 0.4) is 0 Å². The molecule has 0 saturated carbocycles. The number of carboxylic acids is 1. The Balaban J connectivity index is 2.11. The molecule has 0 saturated heterocycles.